The molecule has 23 heavy (non-hydrogen) atoms. The van der Waals surface area contributed by atoms with Gasteiger partial charge in [-0.1, -0.05) is 0 Å². The highest BCUT2D eigenvalue weighted by Crippen LogP contribution is 2.47. The Kier molecular flexibility index (Phi) is 5.86. The van der Waals surface area contributed by atoms with Crippen LogP contribution in [0.25, 0.3) is 10.9 Å². The molecule has 0 saturated heterocycles. The summed E-state index contributed by atoms with van der Waals surface area (Å²) < 4.78 is 37.6. The van der Waals surface area contributed by atoms with E-state index in [0.29, 0.717) is 5.52 Å². The Labute approximate surface area is 137 Å². The number of halogens is 1. The Morgan fingerprint density at radius 3 is 2.57 bits per heavy atom. The minimum atomic E-state index is -3.29. The van der Waals surface area contributed by atoms with E-state index in [1.165, 1.54) is 16.7 Å². The summed E-state index contributed by atoms with van der Waals surface area (Å²) in [6.45, 7) is 3.95. The normalized spacial score (nSPS) is 12.0. The molecule has 1 heterocycles. The van der Waals surface area contributed by atoms with Crippen molar-refractivity contribution in [2.24, 2.45) is 0 Å². The maximum Gasteiger partial charge on any atom is 0.332 e. The molecule has 6 nitrogen and oxygen atoms in total. The molecule has 9 heteroatoms. The van der Waals surface area contributed by atoms with Gasteiger partial charge in [0.15, 0.2) is 4.77 Å². The predicted molar refractivity (Wildman–Crippen MR) is 89.1 cm³/mol. The molecule has 1 N–H and O–H groups in total. The zero-order valence-corrected chi connectivity index (χ0v) is 14.6. The third-order valence-corrected chi connectivity index (χ3v) is 5.57. The molecule has 0 bridgehead atoms. The molecule has 2 aromatic rings. The zero-order chi connectivity index (χ0) is 17.0. The number of nitrogens with zero attached hydrogens (tertiary/aromatic N) is 1. The Bertz CT molecular complexity index is 854. The average molecular weight is 360 g/mol. The Hall–Kier alpha value is -1.34. The van der Waals surface area contributed by atoms with Crippen LogP contribution in [0.1, 0.15) is 13.8 Å². The largest absolute Gasteiger partial charge is 0.332 e. The van der Waals surface area contributed by atoms with Crippen LogP contribution in [0.2, 0.25) is 0 Å². The number of nitrogens with one attached hydrogen (secondary N) is 1. The van der Waals surface area contributed by atoms with E-state index >= 15 is 0 Å². The lowest BCUT2D eigenvalue weighted by molar-refractivity contribution is 0.219. The first-order valence-corrected chi connectivity index (χ1v) is 9.34. The van der Waals surface area contributed by atoms with E-state index in [1.54, 1.807) is 13.8 Å². The lowest BCUT2D eigenvalue weighted by Gasteiger charge is -2.17. The van der Waals surface area contributed by atoms with Crippen LogP contribution in [0.15, 0.2) is 23.0 Å². The summed E-state index contributed by atoms with van der Waals surface area (Å²) in [6, 6.07) is 3.84. The second kappa shape index (κ2) is 7.49. The van der Waals surface area contributed by atoms with Gasteiger partial charge in [-0.05, 0) is 44.3 Å². The van der Waals surface area contributed by atoms with Crippen LogP contribution in [0, 0.1) is 10.6 Å². The summed E-state index contributed by atoms with van der Waals surface area (Å²) in [5, 5.41) is 0.182. The van der Waals surface area contributed by atoms with Gasteiger partial charge in [-0.25, -0.2) is 4.39 Å². The molecule has 0 amide bonds. The molecule has 1 aromatic carbocycles. The minimum absolute atomic E-state index is 0.00683. The first-order chi connectivity index (χ1) is 10.9. The molecule has 0 unspecified atom stereocenters. The van der Waals surface area contributed by atoms with Crippen LogP contribution < -0.4 is 5.56 Å². The fourth-order valence-corrected chi connectivity index (χ4v) is 4.06. The van der Waals surface area contributed by atoms with Crippen LogP contribution in [0.4, 0.5) is 4.39 Å². The maximum absolute atomic E-state index is 13.4. The van der Waals surface area contributed by atoms with Crippen molar-refractivity contribution in [3.8, 4) is 0 Å². The highest BCUT2D eigenvalue weighted by Gasteiger charge is 2.23. The fraction of sp³-hybridized carbons (Fsp3) is 0.429. The molecular weight excluding hydrogens is 342 g/mol. The van der Waals surface area contributed by atoms with Gasteiger partial charge in [0.1, 0.15) is 5.82 Å². The van der Waals surface area contributed by atoms with E-state index in [1.807, 2.05) is 0 Å². The van der Waals surface area contributed by atoms with E-state index in [4.69, 9.17) is 21.3 Å². The van der Waals surface area contributed by atoms with Gasteiger partial charge < -0.3 is 14.0 Å². The Morgan fingerprint density at radius 1 is 1.30 bits per heavy atom. The van der Waals surface area contributed by atoms with Crippen LogP contribution in [-0.2, 0) is 20.2 Å². The molecular formula is C14H18FN2O4PS. The van der Waals surface area contributed by atoms with Crippen LogP contribution in [0.3, 0.4) is 0 Å². The first kappa shape index (κ1) is 18.0. The van der Waals surface area contributed by atoms with Crippen LogP contribution in [0.5, 0.6) is 0 Å². The standard InChI is InChI=1S/C14H18FN2O4PS/c1-3-20-22(19,21-4-2)8-7-17-13(18)11-9-10(15)5-6-12(11)16-14(17)23/h5-6,9H,3-4,7-8H2,1-2H3,(H,16,23). The third kappa shape index (κ3) is 4.14. The number of fused-ring (bicyclic) bond motifs is 1. The molecule has 0 aliphatic heterocycles. The van der Waals surface area contributed by atoms with Crippen molar-refractivity contribution < 1.29 is 18.0 Å². The van der Waals surface area contributed by atoms with Gasteiger partial charge in [-0.15, -0.1) is 0 Å². The molecule has 0 saturated carbocycles. The molecule has 0 aliphatic rings. The second-order valence-corrected chi connectivity index (χ2v) is 7.32. The topological polar surface area (TPSA) is 73.3 Å². The average Bonchev–Trinajstić information content (AvgIpc) is 2.48. The van der Waals surface area contributed by atoms with E-state index in [2.05, 4.69) is 4.98 Å². The van der Waals surface area contributed by atoms with Gasteiger partial charge in [-0.2, -0.15) is 0 Å². The Balaban J connectivity index is 2.38. The number of aromatic nitrogens is 2. The lowest BCUT2D eigenvalue weighted by atomic mass is 10.2. The minimum Gasteiger partial charge on any atom is -0.332 e. The van der Waals surface area contributed by atoms with Crippen LogP contribution in [-0.4, -0.2) is 28.9 Å². The number of rotatable bonds is 7. The van der Waals surface area contributed by atoms with Crippen molar-refractivity contribution in [2.45, 2.75) is 20.4 Å². The first-order valence-electron chi connectivity index (χ1n) is 7.20. The zero-order valence-electron chi connectivity index (χ0n) is 12.9. The molecule has 0 spiro atoms. The Morgan fingerprint density at radius 2 is 1.96 bits per heavy atom. The van der Waals surface area contributed by atoms with Crippen molar-refractivity contribution in [3.05, 3.63) is 39.1 Å². The van der Waals surface area contributed by atoms with Crippen molar-refractivity contribution in [1.29, 1.82) is 0 Å². The molecule has 1 aromatic heterocycles. The number of hydrogen-bond donors (Lipinski definition) is 1. The van der Waals surface area contributed by atoms with Gasteiger partial charge in [-0.3, -0.25) is 13.9 Å². The molecule has 0 aliphatic carbocycles. The molecule has 126 valence electrons. The summed E-state index contributed by atoms with van der Waals surface area (Å²) in [7, 11) is -3.29. The summed E-state index contributed by atoms with van der Waals surface area (Å²) in [5.74, 6) is -0.513. The monoisotopic (exact) mass is 360 g/mol. The summed E-state index contributed by atoms with van der Waals surface area (Å²) in [5.41, 5.74) is 0.0123. The fourth-order valence-electron chi connectivity index (χ4n) is 2.21. The van der Waals surface area contributed by atoms with Gasteiger partial charge in [0.25, 0.3) is 5.56 Å². The number of hydrogen-bond acceptors (Lipinski definition) is 5. The second-order valence-electron chi connectivity index (χ2n) is 4.75. The SMILES string of the molecule is CCOP(=O)(CCn1c(=S)[nH]c2ccc(F)cc2c1=O)OCC. The third-order valence-electron chi connectivity index (χ3n) is 3.19. The lowest BCUT2D eigenvalue weighted by Crippen LogP contribution is -2.24. The van der Waals surface area contributed by atoms with Gasteiger partial charge in [0, 0.05) is 6.54 Å². The number of benzene rings is 1. The van der Waals surface area contributed by atoms with Crippen molar-refractivity contribution in [1.82, 2.24) is 9.55 Å². The predicted octanol–water partition coefficient (Wildman–Crippen LogP) is 3.46. The van der Waals surface area contributed by atoms with E-state index in [0.717, 1.165) is 6.07 Å². The van der Waals surface area contributed by atoms with Crippen LogP contribution >= 0.6 is 19.8 Å². The number of aromatic amines is 1. The van der Waals surface area contributed by atoms with Crippen molar-refractivity contribution in [2.75, 3.05) is 19.4 Å². The van der Waals surface area contributed by atoms with Gasteiger partial charge in [0.2, 0.25) is 0 Å². The summed E-state index contributed by atoms with van der Waals surface area (Å²) >= 11 is 5.16. The molecule has 0 atom stereocenters. The van der Waals surface area contributed by atoms with E-state index in [9.17, 15) is 13.8 Å². The summed E-state index contributed by atoms with van der Waals surface area (Å²) in [6.07, 6.45) is 0.00683. The van der Waals surface area contributed by atoms with Crippen molar-refractivity contribution in [3.63, 3.8) is 0 Å². The smallest absolute Gasteiger partial charge is 0.332 e. The molecule has 0 radical (unpaired) electrons. The van der Waals surface area contributed by atoms with Gasteiger partial charge >= 0.3 is 7.60 Å². The maximum atomic E-state index is 13.4. The number of H-pyrrole nitrogens is 1. The quantitative estimate of drug-likeness (QED) is 0.605. The molecule has 0 fully saturated rings. The summed E-state index contributed by atoms with van der Waals surface area (Å²) in [4.78, 5) is 15.3. The molecule has 2 rings (SSSR count). The highest BCUT2D eigenvalue weighted by molar-refractivity contribution is 7.71. The van der Waals surface area contributed by atoms with E-state index in [-0.39, 0.29) is 36.1 Å². The van der Waals surface area contributed by atoms with E-state index < -0.39 is 19.0 Å². The highest BCUT2D eigenvalue weighted by atomic mass is 32.1. The van der Waals surface area contributed by atoms with Crippen molar-refractivity contribution >= 4 is 30.7 Å². The van der Waals surface area contributed by atoms with Gasteiger partial charge in [0.05, 0.1) is 30.3 Å².